The highest BCUT2D eigenvalue weighted by atomic mass is 15.1. The van der Waals surface area contributed by atoms with E-state index < -0.39 is 0 Å². The van der Waals surface area contributed by atoms with Crippen molar-refractivity contribution < 1.29 is 0 Å². The van der Waals surface area contributed by atoms with Crippen molar-refractivity contribution in [1.29, 1.82) is 0 Å². The van der Waals surface area contributed by atoms with Crippen molar-refractivity contribution in [2.24, 2.45) is 4.99 Å². The lowest BCUT2D eigenvalue weighted by atomic mass is 9.64. The van der Waals surface area contributed by atoms with Gasteiger partial charge in [0.25, 0.3) is 0 Å². The molecule has 0 N–H and O–H groups in total. The molecule has 9 aromatic rings. The smallest absolute Gasteiger partial charge is 0.114 e. The lowest BCUT2D eigenvalue weighted by molar-refractivity contribution is 0.557. The predicted octanol–water partition coefficient (Wildman–Crippen LogP) is 11.5. The molecule has 1 aliphatic carbocycles. The van der Waals surface area contributed by atoms with Crippen molar-refractivity contribution in [1.82, 2.24) is 8.97 Å². The molecule has 0 saturated heterocycles. The lowest BCUT2D eigenvalue weighted by Gasteiger charge is -2.40. The van der Waals surface area contributed by atoms with E-state index in [1.807, 2.05) is 0 Å². The molecule has 0 fully saturated rings. The zero-order valence-corrected chi connectivity index (χ0v) is 26.6. The Kier molecular flexibility index (Phi) is 4.87. The Bertz CT molecular complexity index is 2800. The van der Waals surface area contributed by atoms with E-state index in [4.69, 9.17) is 4.99 Å². The fraction of sp³-hybridized carbons (Fsp3) is 0.159. The quantitative estimate of drug-likeness (QED) is 0.164. The van der Waals surface area contributed by atoms with Gasteiger partial charge in [-0.2, -0.15) is 0 Å². The minimum absolute atomic E-state index is 0.0746. The van der Waals surface area contributed by atoms with Gasteiger partial charge in [-0.15, -0.1) is 0 Å². The first-order chi connectivity index (χ1) is 23.1. The second kappa shape index (κ2) is 8.89. The van der Waals surface area contributed by atoms with Gasteiger partial charge >= 0.3 is 0 Å². The number of fused-ring (bicyclic) bond motifs is 12. The Labute approximate surface area is 272 Å². The van der Waals surface area contributed by atoms with Gasteiger partial charge in [0.2, 0.25) is 0 Å². The van der Waals surface area contributed by atoms with Crippen LogP contribution in [0.5, 0.6) is 0 Å². The number of rotatable bonds is 0. The van der Waals surface area contributed by atoms with Gasteiger partial charge in [-0.1, -0.05) is 105 Å². The zero-order chi connectivity index (χ0) is 31.0. The van der Waals surface area contributed by atoms with Crippen molar-refractivity contribution in [2.45, 2.75) is 44.4 Å². The topological polar surface area (TPSA) is 21.7 Å². The number of benzene rings is 6. The van der Waals surface area contributed by atoms with Crippen molar-refractivity contribution in [3.8, 4) is 0 Å². The third-order valence-electron chi connectivity index (χ3n) is 11.5. The summed E-state index contributed by atoms with van der Waals surface area (Å²) in [4.78, 5) is 5.72. The summed E-state index contributed by atoms with van der Waals surface area (Å²) in [5.41, 5.74) is 13.2. The Morgan fingerprint density at radius 1 is 0.617 bits per heavy atom. The highest BCUT2D eigenvalue weighted by Crippen LogP contribution is 2.52. The number of para-hydroxylation sites is 3. The number of aliphatic imine (C=N–C) groups is 1. The van der Waals surface area contributed by atoms with Gasteiger partial charge in [0.1, 0.15) is 5.84 Å². The first-order valence-electron chi connectivity index (χ1n) is 17.0. The molecule has 6 aromatic carbocycles. The molecule has 0 bridgehead atoms. The fourth-order valence-electron chi connectivity index (χ4n) is 9.58. The van der Waals surface area contributed by atoms with Crippen LogP contribution in [0.2, 0.25) is 0 Å². The first kappa shape index (κ1) is 25.7. The van der Waals surface area contributed by atoms with E-state index in [1.54, 1.807) is 0 Å². The SMILES string of the molecule is CC1(C)c2ccccc2C2CCCC(n3c4ccccc4c4cc5c6ccccc6n6c7ccccc7c(c43)c56)=Nc3cccc1c32. The number of hydrogen-bond donors (Lipinski definition) is 0. The molecule has 3 nitrogen and oxygen atoms in total. The molecule has 1 atom stereocenters. The van der Waals surface area contributed by atoms with Crippen molar-refractivity contribution in [2.75, 3.05) is 0 Å². The van der Waals surface area contributed by atoms with Crippen molar-refractivity contribution in [3.63, 3.8) is 0 Å². The van der Waals surface area contributed by atoms with Crippen LogP contribution in [0.1, 0.15) is 61.3 Å². The van der Waals surface area contributed by atoms with Gasteiger partial charge in [-0.3, -0.25) is 4.57 Å². The highest BCUT2D eigenvalue weighted by molar-refractivity contribution is 6.35. The maximum Gasteiger partial charge on any atom is 0.114 e. The molecule has 11 rings (SSSR count). The molecule has 2 aliphatic rings. The van der Waals surface area contributed by atoms with E-state index >= 15 is 0 Å². The Balaban J connectivity index is 1.29. The van der Waals surface area contributed by atoms with Gasteiger partial charge in [-0.25, -0.2) is 4.99 Å². The molecule has 0 amide bonds. The third-order valence-corrected chi connectivity index (χ3v) is 11.5. The summed E-state index contributed by atoms with van der Waals surface area (Å²) < 4.78 is 5.03. The van der Waals surface area contributed by atoms with Crippen LogP contribution in [0, 0.1) is 0 Å². The molecule has 4 heterocycles. The van der Waals surface area contributed by atoms with E-state index in [9.17, 15) is 0 Å². The molecule has 1 unspecified atom stereocenters. The Morgan fingerprint density at radius 2 is 1.26 bits per heavy atom. The van der Waals surface area contributed by atoms with Gasteiger partial charge in [0.15, 0.2) is 0 Å². The molecular formula is C44H33N3. The molecule has 47 heavy (non-hydrogen) atoms. The van der Waals surface area contributed by atoms with Crippen LogP contribution in [-0.4, -0.2) is 14.8 Å². The fourth-order valence-corrected chi connectivity index (χ4v) is 9.58. The summed E-state index contributed by atoms with van der Waals surface area (Å²) >= 11 is 0. The second-order valence-corrected chi connectivity index (χ2v) is 14.2. The molecular weight excluding hydrogens is 571 g/mol. The monoisotopic (exact) mass is 603 g/mol. The van der Waals surface area contributed by atoms with Crippen LogP contribution in [-0.2, 0) is 5.41 Å². The van der Waals surface area contributed by atoms with Gasteiger partial charge in [-0.05, 0) is 65.4 Å². The number of nitrogens with zero attached hydrogens (tertiary/aromatic N) is 3. The number of aromatic nitrogens is 2. The first-order valence-corrected chi connectivity index (χ1v) is 17.0. The molecule has 0 saturated carbocycles. The predicted molar refractivity (Wildman–Crippen MR) is 197 cm³/mol. The molecule has 3 heteroatoms. The average Bonchev–Trinajstić information content (AvgIpc) is 3.73. The molecule has 224 valence electrons. The standard InChI is InChI=1S/C44H33N3/c1-44(2)33-18-7-3-13-26(33)29-17-11-24-39(45-35-20-12-19-34(44)40(29)35)47-37-22-9-5-15-28(37)32-25-31-27-14-4-8-21-36(27)46-38-23-10-6-16-30(38)41(42(31)46)43(32)47/h3-10,12-16,18-23,25,29H,11,17,24H2,1-2H3. The van der Waals surface area contributed by atoms with E-state index in [2.05, 4.69) is 144 Å². The molecule has 3 aromatic heterocycles. The van der Waals surface area contributed by atoms with Crippen LogP contribution in [0.15, 0.2) is 126 Å². The minimum atomic E-state index is -0.0746. The number of hydrogen-bond acceptors (Lipinski definition) is 1. The van der Waals surface area contributed by atoms with Crippen LogP contribution in [0.4, 0.5) is 5.69 Å². The van der Waals surface area contributed by atoms with Gasteiger partial charge in [0, 0.05) is 50.1 Å². The minimum Gasteiger partial charge on any atom is -0.308 e. The van der Waals surface area contributed by atoms with Crippen LogP contribution in [0.25, 0.3) is 59.9 Å². The Morgan fingerprint density at radius 3 is 2.09 bits per heavy atom. The van der Waals surface area contributed by atoms with E-state index in [-0.39, 0.29) is 5.41 Å². The molecule has 0 spiro atoms. The van der Waals surface area contributed by atoms with Crippen molar-refractivity contribution in [3.05, 3.63) is 144 Å². The normalized spacial score (nSPS) is 17.4. The maximum absolute atomic E-state index is 5.72. The molecule has 1 aliphatic heterocycles. The summed E-state index contributed by atoms with van der Waals surface area (Å²) in [6, 6.07) is 45.2. The van der Waals surface area contributed by atoms with Crippen LogP contribution in [0.3, 0.4) is 0 Å². The summed E-state index contributed by atoms with van der Waals surface area (Å²) in [5.74, 6) is 1.51. The summed E-state index contributed by atoms with van der Waals surface area (Å²) in [6.07, 6.45) is 3.11. The lowest BCUT2D eigenvalue weighted by Crippen LogP contribution is -2.30. The van der Waals surface area contributed by atoms with E-state index in [0.717, 1.165) is 30.8 Å². The summed E-state index contributed by atoms with van der Waals surface area (Å²) in [5, 5.41) is 7.85. The van der Waals surface area contributed by atoms with Crippen molar-refractivity contribution >= 4 is 71.4 Å². The molecule has 0 radical (unpaired) electrons. The van der Waals surface area contributed by atoms with Crippen LogP contribution >= 0.6 is 0 Å². The van der Waals surface area contributed by atoms with E-state index in [0.29, 0.717) is 5.92 Å². The summed E-state index contributed by atoms with van der Waals surface area (Å²) in [6.45, 7) is 4.77. The maximum atomic E-state index is 5.72. The van der Waals surface area contributed by atoms with Gasteiger partial charge in [0.05, 0.1) is 33.3 Å². The van der Waals surface area contributed by atoms with Crippen LogP contribution < -0.4 is 0 Å². The van der Waals surface area contributed by atoms with E-state index in [1.165, 1.54) is 82.2 Å². The summed E-state index contributed by atoms with van der Waals surface area (Å²) in [7, 11) is 0. The van der Waals surface area contributed by atoms with Gasteiger partial charge < -0.3 is 4.40 Å². The average molecular weight is 604 g/mol. The third kappa shape index (κ3) is 3.15. The zero-order valence-electron chi connectivity index (χ0n) is 26.6. The Hall–Kier alpha value is -5.41. The largest absolute Gasteiger partial charge is 0.308 e. The highest BCUT2D eigenvalue weighted by Gasteiger charge is 2.39. The second-order valence-electron chi connectivity index (χ2n) is 14.2.